The van der Waals surface area contributed by atoms with Crippen molar-refractivity contribution >= 4 is 12.1 Å². The highest BCUT2D eigenvalue weighted by atomic mass is 16.1. The topological polar surface area (TPSA) is 45.0 Å². The van der Waals surface area contributed by atoms with Gasteiger partial charge < -0.3 is 0 Å². The summed E-state index contributed by atoms with van der Waals surface area (Å²) in [6.45, 7) is 0. The Kier molecular flexibility index (Phi) is 4.50. The van der Waals surface area contributed by atoms with Crippen molar-refractivity contribution in [3.8, 4) is 0 Å². The number of pyridine rings is 1. The third-order valence-electron chi connectivity index (χ3n) is 3.10. The van der Waals surface area contributed by atoms with E-state index in [1.807, 2.05) is 43.6 Å². The van der Waals surface area contributed by atoms with Crippen LogP contribution in [0.25, 0.3) is 0 Å². The number of hydrazine groups is 1. The van der Waals surface area contributed by atoms with Crippen LogP contribution in [-0.4, -0.2) is 6.41 Å². The first-order valence-electron chi connectivity index (χ1n) is 6.28. The molecule has 0 spiro atoms. The second-order valence-electron chi connectivity index (χ2n) is 4.35. The van der Waals surface area contributed by atoms with Gasteiger partial charge in [-0.25, -0.2) is 4.57 Å². The Balaban J connectivity index is 2.07. The van der Waals surface area contributed by atoms with E-state index in [1.165, 1.54) is 11.3 Å². The quantitative estimate of drug-likeness (QED) is 0.466. The molecule has 0 saturated carbocycles. The van der Waals surface area contributed by atoms with Crippen molar-refractivity contribution in [1.29, 1.82) is 0 Å². The van der Waals surface area contributed by atoms with E-state index in [2.05, 4.69) is 27.6 Å². The molecule has 2 N–H and O–H groups in total. The number of anilines is 1. The molecule has 4 heteroatoms. The lowest BCUT2D eigenvalue weighted by molar-refractivity contribution is -0.679. The van der Waals surface area contributed by atoms with Gasteiger partial charge in [0.05, 0.1) is 5.69 Å². The summed E-state index contributed by atoms with van der Waals surface area (Å²) < 4.78 is 2.12. The minimum absolute atomic E-state index is 0.633. The van der Waals surface area contributed by atoms with Crippen LogP contribution in [0.1, 0.15) is 11.3 Å². The monoisotopic (exact) mass is 256 g/mol. The zero-order valence-electron chi connectivity index (χ0n) is 11.0. The van der Waals surface area contributed by atoms with Crippen LogP contribution in [0.15, 0.2) is 48.7 Å². The van der Waals surface area contributed by atoms with Gasteiger partial charge in [-0.3, -0.25) is 15.6 Å². The Hall–Kier alpha value is -2.36. The Morgan fingerprint density at radius 1 is 1.11 bits per heavy atom. The van der Waals surface area contributed by atoms with Crippen LogP contribution in [0, 0.1) is 0 Å². The number of aryl methyl sites for hydroxylation is 3. The van der Waals surface area contributed by atoms with Gasteiger partial charge in [0.25, 0.3) is 0 Å². The highest BCUT2D eigenvalue weighted by Gasteiger charge is 2.07. The maximum Gasteiger partial charge on any atom is 0.225 e. The van der Waals surface area contributed by atoms with Crippen LogP contribution in [-0.2, 0) is 24.7 Å². The highest BCUT2D eigenvalue weighted by Crippen LogP contribution is 2.15. The molecular formula is C15H18N3O+. The van der Waals surface area contributed by atoms with Gasteiger partial charge in [-0.15, -0.1) is 0 Å². The summed E-state index contributed by atoms with van der Waals surface area (Å²) in [6.07, 6.45) is 4.56. The van der Waals surface area contributed by atoms with Crippen LogP contribution >= 0.6 is 0 Å². The van der Waals surface area contributed by atoms with Gasteiger partial charge in [-0.05, 0) is 18.1 Å². The number of rotatable bonds is 6. The van der Waals surface area contributed by atoms with Crippen LogP contribution in [0.3, 0.4) is 0 Å². The largest absolute Gasteiger partial charge is 0.299 e. The first-order valence-corrected chi connectivity index (χ1v) is 6.28. The lowest BCUT2D eigenvalue weighted by Crippen LogP contribution is -2.32. The summed E-state index contributed by atoms with van der Waals surface area (Å²) in [5, 5.41) is 0. The number of carbonyl (C=O) groups excluding carboxylic acids is 1. The predicted molar refractivity (Wildman–Crippen MR) is 74.3 cm³/mol. The molecule has 0 aliphatic carbocycles. The van der Waals surface area contributed by atoms with Crippen LogP contribution in [0.5, 0.6) is 0 Å². The zero-order valence-corrected chi connectivity index (χ0v) is 11.0. The molecule has 2 rings (SSSR count). The fourth-order valence-corrected chi connectivity index (χ4v) is 2.05. The standard InChI is InChI=1S/C15H17N3O/c1-18-11-5-4-7-14(18)10-9-13-6-2-3-8-15(13)17-16-12-19/h2-8,11-12,17H,9-10H2,1H3/p+1. The van der Waals surface area contributed by atoms with E-state index in [0.29, 0.717) is 6.41 Å². The molecule has 0 bridgehead atoms. The molecular weight excluding hydrogens is 238 g/mol. The summed E-state index contributed by atoms with van der Waals surface area (Å²) in [5.74, 6) is 0. The van der Waals surface area contributed by atoms with E-state index < -0.39 is 0 Å². The second kappa shape index (κ2) is 6.54. The number of benzene rings is 1. The Morgan fingerprint density at radius 2 is 1.89 bits per heavy atom. The molecule has 0 fully saturated rings. The van der Waals surface area contributed by atoms with Gasteiger partial charge in [0.2, 0.25) is 6.41 Å². The number of nitrogens with one attached hydrogen (secondary N) is 2. The average molecular weight is 256 g/mol. The Labute approximate surface area is 113 Å². The SMILES string of the molecule is C[n+]1ccccc1CCc1ccccc1NNC=O. The van der Waals surface area contributed by atoms with E-state index in [4.69, 9.17) is 0 Å². The molecule has 0 unspecified atom stereocenters. The van der Waals surface area contributed by atoms with E-state index in [1.54, 1.807) is 0 Å². The molecule has 0 radical (unpaired) electrons. The van der Waals surface area contributed by atoms with Crippen molar-refractivity contribution in [2.75, 3.05) is 5.43 Å². The molecule has 0 atom stereocenters. The van der Waals surface area contributed by atoms with Crippen molar-refractivity contribution in [2.24, 2.45) is 7.05 Å². The van der Waals surface area contributed by atoms with Crippen molar-refractivity contribution < 1.29 is 9.36 Å². The normalized spacial score (nSPS) is 9.95. The van der Waals surface area contributed by atoms with Crippen molar-refractivity contribution in [3.63, 3.8) is 0 Å². The fraction of sp³-hybridized carbons (Fsp3) is 0.200. The molecule has 19 heavy (non-hydrogen) atoms. The number of amides is 1. The summed E-state index contributed by atoms with van der Waals surface area (Å²) in [5.41, 5.74) is 8.77. The third kappa shape index (κ3) is 3.55. The zero-order chi connectivity index (χ0) is 13.5. The molecule has 2 aromatic rings. The lowest BCUT2D eigenvalue weighted by atomic mass is 10.1. The van der Waals surface area contributed by atoms with Gasteiger partial charge in [0, 0.05) is 18.6 Å². The van der Waals surface area contributed by atoms with Crippen LogP contribution < -0.4 is 15.4 Å². The molecule has 98 valence electrons. The number of para-hydroxylation sites is 1. The number of hydrogen-bond acceptors (Lipinski definition) is 2. The summed E-state index contributed by atoms with van der Waals surface area (Å²) in [4.78, 5) is 10.3. The first-order chi connectivity index (χ1) is 9.31. The van der Waals surface area contributed by atoms with Gasteiger partial charge >= 0.3 is 0 Å². The van der Waals surface area contributed by atoms with Crippen LogP contribution in [0.2, 0.25) is 0 Å². The molecule has 1 heterocycles. The van der Waals surface area contributed by atoms with E-state index in [-0.39, 0.29) is 0 Å². The lowest BCUT2D eigenvalue weighted by Gasteiger charge is -2.10. The van der Waals surface area contributed by atoms with E-state index in [9.17, 15) is 4.79 Å². The molecule has 0 saturated heterocycles. The highest BCUT2D eigenvalue weighted by molar-refractivity contribution is 5.56. The van der Waals surface area contributed by atoms with Crippen LogP contribution in [0.4, 0.5) is 5.69 Å². The Morgan fingerprint density at radius 3 is 2.68 bits per heavy atom. The number of nitrogens with zero attached hydrogens (tertiary/aromatic N) is 1. The predicted octanol–water partition coefficient (Wildman–Crippen LogP) is 1.37. The molecule has 4 nitrogen and oxygen atoms in total. The second-order valence-corrected chi connectivity index (χ2v) is 4.35. The minimum Gasteiger partial charge on any atom is -0.299 e. The molecule has 0 aliphatic heterocycles. The van der Waals surface area contributed by atoms with Crippen molar-refractivity contribution in [3.05, 3.63) is 59.9 Å². The number of aromatic nitrogens is 1. The van der Waals surface area contributed by atoms with E-state index >= 15 is 0 Å². The molecule has 1 aromatic heterocycles. The minimum atomic E-state index is 0.633. The average Bonchev–Trinajstić information content (AvgIpc) is 2.45. The number of carbonyl (C=O) groups is 1. The molecule has 0 aliphatic rings. The summed E-state index contributed by atoms with van der Waals surface area (Å²) >= 11 is 0. The van der Waals surface area contributed by atoms with Crippen molar-refractivity contribution in [2.45, 2.75) is 12.8 Å². The third-order valence-corrected chi connectivity index (χ3v) is 3.10. The summed E-state index contributed by atoms with van der Waals surface area (Å²) in [6, 6.07) is 14.2. The van der Waals surface area contributed by atoms with E-state index in [0.717, 1.165) is 18.5 Å². The number of hydrogen-bond donors (Lipinski definition) is 2. The summed E-state index contributed by atoms with van der Waals surface area (Å²) in [7, 11) is 2.05. The Bertz CT molecular complexity index is 555. The molecule has 1 aromatic carbocycles. The van der Waals surface area contributed by atoms with Crippen molar-refractivity contribution in [1.82, 2.24) is 5.43 Å². The fourth-order valence-electron chi connectivity index (χ4n) is 2.05. The van der Waals surface area contributed by atoms with Gasteiger partial charge in [-0.1, -0.05) is 24.3 Å². The van der Waals surface area contributed by atoms with Gasteiger partial charge in [0.15, 0.2) is 11.9 Å². The smallest absolute Gasteiger partial charge is 0.225 e. The van der Waals surface area contributed by atoms with Gasteiger partial charge in [0.1, 0.15) is 7.05 Å². The maximum absolute atomic E-state index is 10.3. The molecule has 1 amide bonds. The first kappa shape index (κ1) is 13.1. The maximum atomic E-state index is 10.3. The van der Waals surface area contributed by atoms with Gasteiger partial charge in [-0.2, -0.15) is 0 Å².